The zero-order valence-electron chi connectivity index (χ0n) is 4.99. The maximum atomic E-state index is 8.88. The molecule has 9 heavy (non-hydrogen) atoms. The fourth-order valence-corrected chi connectivity index (χ4v) is 1.13. The van der Waals surface area contributed by atoms with Crippen LogP contribution in [0.1, 0.15) is 13.2 Å². The van der Waals surface area contributed by atoms with Crippen LogP contribution < -0.4 is 21.5 Å². The number of halogens is 1. The van der Waals surface area contributed by atoms with E-state index in [2.05, 4.69) is 0 Å². The molecule has 1 N–H and O–H groups in total. The predicted octanol–water partition coefficient (Wildman–Crippen LogP) is -2.45. The molecule has 0 radical (unpaired) electrons. The van der Waals surface area contributed by atoms with Crippen LogP contribution in [0.3, 0.4) is 0 Å². The Hall–Kier alpha value is 0.0700. The molecule has 1 rings (SSSR count). The van der Waals surface area contributed by atoms with Gasteiger partial charge in [-0.15, -0.1) is 0 Å². The molecule has 0 bridgehead atoms. The molecule has 52 valence electrons. The minimum atomic E-state index is -0.388. The number of rotatable bonds is 1. The normalized spacial score (nSPS) is 12.2. The summed E-state index contributed by atoms with van der Waals surface area (Å²) < 4.78 is 1.74. The van der Waals surface area contributed by atoms with E-state index in [1.54, 1.807) is 22.8 Å². The van der Waals surface area contributed by atoms with E-state index >= 15 is 0 Å². The molecule has 1 aromatic heterocycles. The van der Waals surface area contributed by atoms with Gasteiger partial charge >= 0.3 is 0 Å². The van der Waals surface area contributed by atoms with Gasteiger partial charge in [-0.05, 0) is 0 Å². The molecular formula is C5H8BrNOS. The van der Waals surface area contributed by atoms with Gasteiger partial charge in [0, 0.05) is 6.92 Å². The number of hydrogen-bond donors (Lipinski definition) is 1. The van der Waals surface area contributed by atoms with Crippen molar-refractivity contribution in [3.63, 3.8) is 0 Å². The first-order valence-corrected chi connectivity index (χ1v) is 3.36. The molecule has 0 spiro atoms. The quantitative estimate of drug-likeness (QED) is 0.511. The molecule has 0 saturated carbocycles. The van der Waals surface area contributed by atoms with E-state index in [1.807, 2.05) is 17.1 Å². The lowest BCUT2D eigenvalue weighted by Gasteiger charge is -1.89. The van der Waals surface area contributed by atoms with E-state index in [-0.39, 0.29) is 23.2 Å². The van der Waals surface area contributed by atoms with Crippen molar-refractivity contribution >= 4 is 11.3 Å². The Morgan fingerprint density at radius 3 is 2.56 bits per heavy atom. The molecule has 0 aliphatic carbocycles. The highest BCUT2D eigenvalue weighted by molar-refractivity contribution is 7.07. The zero-order valence-corrected chi connectivity index (χ0v) is 7.39. The summed E-state index contributed by atoms with van der Waals surface area (Å²) in [4.78, 5) is 0. The zero-order chi connectivity index (χ0) is 5.98. The summed E-state index contributed by atoms with van der Waals surface area (Å²) in [5.74, 6) is 0. The van der Waals surface area contributed by atoms with E-state index in [9.17, 15) is 0 Å². The third kappa shape index (κ3) is 2.43. The van der Waals surface area contributed by atoms with Gasteiger partial charge in [0.25, 0.3) is 6.23 Å². The van der Waals surface area contributed by atoms with Crippen LogP contribution in [0, 0.1) is 0 Å². The number of hydrogen-bond acceptors (Lipinski definition) is 2. The first-order chi connectivity index (χ1) is 3.80. The van der Waals surface area contributed by atoms with Crippen molar-refractivity contribution in [3.05, 3.63) is 17.1 Å². The number of aliphatic hydroxyl groups excluding tert-OH is 1. The maximum Gasteiger partial charge on any atom is 0.257 e. The minimum absolute atomic E-state index is 0. The van der Waals surface area contributed by atoms with Crippen LogP contribution in [0.2, 0.25) is 0 Å². The van der Waals surface area contributed by atoms with E-state index in [4.69, 9.17) is 5.11 Å². The Morgan fingerprint density at radius 2 is 2.33 bits per heavy atom. The first-order valence-electron chi connectivity index (χ1n) is 2.41. The molecule has 1 heterocycles. The average Bonchev–Trinajstić information content (AvgIpc) is 2.12. The molecule has 1 unspecified atom stereocenters. The minimum Gasteiger partial charge on any atom is -1.00 e. The molecule has 0 aromatic carbocycles. The van der Waals surface area contributed by atoms with Gasteiger partial charge in [-0.25, -0.2) is 0 Å². The number of nitrogens with zero attached hydrogens (tertiary/aromatic N) is 1. The topological polar surface area (TPSA) is 24.1 Å². The second-order valence-electron chi connectivity index (χ2n) is 1.61. The van der Waals surface area contributed by atoms with E-state index < -0.39 is 0 Å². The monoisotopic (exact) mass is 209 g/mol. The fraction of sp³-hybridized carbons (Fsp3) is 0.400. The van der Waals surface area contributed by atoms with Gasteiger partial charge in [0.1, 0.15) is 0 Å². The summed E-state index contributed by atoms with van der Waals surface area (Å²) in [6.07, 6.45) is 1.45. The largest absolute Gasteiger partial charge is 1.00 e. The fourth-order valence-electron chi connectivity index (χ4n) is 0.459. The second kappa shape index (κ2) is 3.98. The van der Waals surface area contributed by atoms with Crippen molar-refractivity contribution in [2.24, 2.45) is 0 Å². The SMILES string of the molecule is CC(O)[n+]1ccsc1.[Br-]. The van der Waals surface area contributed by atoms with Crippen molar-refractivity contribution in [2.45, 2.75) is 13.2 Å². The van der Waals surface area contributed by atoms with Crippen molar-refractivity contribution in [1.82, 2.24) is 0 Å². The maximum absolute atomic E-state index is 8.88. The van der Waals surface area contributed by atoms with Crippen LogP contribution in [0.4, 0.5) is 0 Å². The summed E-state index contributed by atoms with van der Waals surface area (Å²) >= 11 is 1.57. The van der Waals surface area contributed by atoms with Crippen LogP contribution in [0.25, 0.3) is 0 Å². The highest BCUT2D eigenvalue weighted by Crippen LogP contribution is 1.92. The van der Waals surface area contributed by atoms with Crippen molar-refractivity contribution in [1.29, 1.82) is 0 Å². The van der Waals surface area contributed by atoms with E-state index in [0.29, 0.717) is 0 Å². The van der Waals surface area contributed by atoms with Gasteiger partial charge in [0.15, 0.2) is 6.20 Å². The van der Waals surface area contributed by atoms with Crippen molar-refractivity contribution < 1.29 is 26.7 Å². The molecule has 4 heteroatoms. The van der Waals surface area contributed by atoms with Crippen LogP contribution in [0.15, 0.2) is 17.1 Å². The molecule has 0 aliphatic rings. The average molecular weight is 210 g/mol. The molecule has 2 nitrogen and oxygen atoms in total. The molecule has 1 aromatic rings. The lowest BCUT2D eigenvalue weighted by atomic mass is 10.6. The molecule has 1 atom stereocenters. The van der Waals surface area contributed by atoms with Gasteiger partial charge in [-0.2, -0.15) is 4.57 Å². The predicted molar refractivity (Wildman–Crippen MR) is 31.4 cm³/mol. The highest BCUT2D eigenvalue weighted by atomic mass is 79.9. The highest BCUT2D eigenvalue weighted by Gasteiger charge is 2.04. The van der Waals surface area contributed by atoms with Crippen LogP contribution in [-0.2, 0) is 0 Å². The Labute approximate surface area is 68.5 Å². The summed E-state index contributed by atoms with van der Waals surface area (Å²) in [7, 11) is 0. The lowest BCUT2D eigenvalue weighted by molar-refractivity contribution is -0.751. The molecule has 0 fully saturated rings. The third-order valence-corrected chi connectivity index (χ3v) is 1.57. The summed E-state index contributed by atoms with van der Waals surface area (Å²) in [6.45, 7) is 1.73. The number of thiazole rings is 1. The van der Waals surface area contributed by atoms with Crippen molar-refractivity contribution in [2.75, 3.05) is 0 Å². The van der Waals surface area contributed by atoms with Crippen molar-refractivity contribution in [3.8, 4) is 0 Å². The summed E-state index contributed by atoms with van der Waals surface area (Å²) in [5.41, 5.74) is 1.87. The Kier molecular flexibility index (Phi) is 4.01. The number of aliphatic hydroxyl groups is 1. The Morgan fingerprint density at radius 1 is 1.67 bits per heavy atom. The lowest BCUT2D eigenvalue weighted by Crippen LogP contribution is -3.00. The van der Waals surface area contributed by atoms with E-state index in [1.165, 1.54) is 0 Å². The van der Waals surface area contributed by atoms with Gasteiger partial charge < -0.3 is 22.1 Å². The smallest absolute Gasteiger partial charge is 0.257 e. The molecular weight excluding hydrogens is 202 g/mol. The van der Waals surface area contributed by atoms with E-state index in [0.717, 1.165) is 0 Å². The molecule has 0 saturated heterocycles. The van der Waals surface area contributed by atoms with Gasteiger partial charge in [-0.1, -0.05) is 11.3 Å². The number of aromatic nitrogens is 1. The summed E-state index contributed by atoms with van der Waals surface area (Å²) in [6, 6.07) is 0. The Bertz CT molecular complexity index is 152. The second-order valence-corrected chi connectivity index (χ2v) is 2.36. The van der Waals surface area contributed by atoms with Gasteiger partial charge in [0.2, 0.25) is 5.51 Å². The van der Waals surface area contributed by atoms with Gasteiger partial charge in [0.05, 0.1) is 5.38 Å². The first kappa shape index (κ1) is 9.07. The van der Waals surface area contributed by atoms with Crippen LogP contribution in [-0.4, -0.2) is 5.11 Å². The third-order valence-electron chi connectivity index (χ3n) is 0.926. The van der Waals surface area contributed by atoms with Crippen LogP contribution >= 0.6 is 11.3 Å². The van der Waals surface area contributed by atoms with Gasteiger partial charge in [-0.3, -0.25) is 0 Å². The van der Waals surface area contributed by atoms with Crippen LogP contribution in [0.5, 0.6) is 0 Å². The standard InChI is InChI=1S/C5H8NOS.BrH/c1-5(7)6-2-3-8-4-6;/h2-5,7H,1H3;1H/q+1;/p-1. The molecule has 0 amide bonds. The summed E-state index contributed by atoms with van der Waals surface area (Å²) in [5, 5.41) is 10.8. The Balaban J connectivity index is 0.000000640. The molecule has 0 aliphatic heterocycles.